The lowest BCUT2D eigenvalue weighted by molar-refractivity contribution is -0.114. The maximum Gasteiger partial charge on any atom is 0.243 e. The lowest BCUT2D eigenvalue weighted by Gasteiger charge is -2.12. The van der Waals surface area contributed by atoms with Gasteiger partial charge in [0.1, 0.15) is 11.8 Å². The van der Waals surface area contributed by atoms with Gasteiger partial charge in [0, 0.05) is 5.69 Å². The molecular formula is C16H15N3O2. The molecule has 0 fully saturated rings. The van der Waals surface area contributed by atoms with Crippen LogP contribution in [0, 0.1) is 11.3 Å². The van der Waals surface area contributed by atoms with Crippen LogP contribution < -0.4 is 15.4 Å². The fraction of sp³-hybridized carbons (Fsp3) is 0.125. The Balaban J connectivity index is 2.03. The van der Waals surface area contributed by atoms with E-state index in [0.717, 1.165) is 5.69 Å². The number of amides is 1. The summed E-state index contributed by atoms with van der Waals surface area (Å²) < 4.78 is 5.19. The van der Waals surface area contributed by atoms with Gasteiger partial charge in [-0.25, -0.2) is 0 Å². The van der Waals surface area contributed by atoms with Crippen LogP contribution >= 0.6 is 0 Å². The predicted molar refractivity (Wildman–Crippen MR) is 81.3 cm³/mol. The number of ether oxygens (including phenoxy) is 1. The van der Waals surface area contributed by atoms with Crippen molar-refractivity contribution in [2.75, 3.05) is 24.3 Å². The molecule has 0 bridgehead atoms. The molecule has 0 heterocycles. The van der Waals surface area contributed by atoms with E-state index < -0.39 is 0 Å². The Morgan fingerprint density at radius 1 is 1.19 bits per heavy atom. The van der Waals surface area contributed by atoms with Crippen molar-refractivity contribution in [2.24, 2.45) is 0 Å². The van der Waals surface area contributed by atoms with Crippen molar-refractivity contribution in [1.29, 1.82) is 5.26 Å². The first-order valence-corrected chi connectivity index (χ1v) is 6.40. The van der Waals surface area contributed by atoms with Crippen LogP contribution in [0.4, 0.5) is 11.4 Å². The zero-order chi connectivity index (χ0) is 15.1. The van der Waals surface area contributed by atoms with Crippen LogP contribution in [0.15, 0.2) is 48.5 Å². The van der Waals surface area contributed by atoms with Gasteiger partial charge in [0.2, 0.25) is 5.91 Å². The van der Waals surface area contributed by atoms with Gasteiger partial charge in [-0.1, -0.05) is 24.3 Å². The van der Waals surface area contributed by atoms with Crippen LogP contribution in [0.1, 0.15) is 5.56 Å². The van der Waals surface area contributed by atoms with E-state index in [1.54, 1.807) is 18.2 Å². The number of nitrogens with one attached hydrogen (secondary N) is 2. The van der Waals surface area contributed by atoms with Crippen LogP contribution in [0.3, 0.4) is 0 Å². The topological polar surface area (TPSA) is 74.1 Å². The molecule has 2 rings (SSSR count). The molecule has 0 aliphatic carbocycles. The van der Waals surface area contributed by atoms with Gasteiger partial charge in [-0.2, -0.15) is 5.26 Å². The second-order valence-electron chi connectivity index (χ2n) is 4.26. The molecule has 0 atom stereocenters. The zero-order valence-corrected chi connectivity index (χ0v) is 11.6. The Bertz CT molecular complexity index is 663. The lowest BCUT2D eigenvalue weighted by Crippen LogP contribution is -2.22. The van der Waals surface area contributed by atoms with E-state index in [0.29, 0.717) is 17.0 Å². The zero-order valence-electron chi connectivity index (χ0n) is 11.6. The molecule has 0 radical (unpaired) electrons. The standard InChI is InChI=1S/C16H15N3O2/c1-21-14-9-5-6-12(10-17)16(14)18-11-15(20)19-13-7-3-2-4-8-13/h2-9,18H,11H2,1H3,(H,19,20). The maximum atomic E-state index is 11.9. The van der Waals surface area contributed by atoms with Gasteiger partial charge in [-0.3, -0.25) is 4.79 Å². The minimum Gasteiger partial charge on any atom is -0.495 e. The highest BCUT2D eigenvalue weighted by atomic mass is 16.5. The molecule has 0 aliphatic rings. The molecule has 106 valence electrons. The second kappa shape index (κ2) is 6.96. The highest BCUT2D eigenvalue weighted by molar-refractivity contribution is 5.94. The smallest absolute Gasteiger partial charge is 0.243 e. The average Bonchev–Trinajstić information content (AvgIpc) is 2.53. The molecule has 2 aromatic carbocycles. The molecule has 5 heteroatoms. The number of anilines is 2. The molecule has 1 amide bonds. The number of nitrogens with zero attached hydrogens (tertiary/aromatic N) is 1. The molecule has 2 N–H and O–H groups in total. The summed E-state index contributed by atoms with van der Waals surface area (Å²) >= 11 is 0. The first-order chi connectivity index (χ1) is 10.2. The minimum atomic E-state index is -0.198. The van der Waals surface area contributed by atoms with E-state index in [2.05, 4.69) is 16.7 Å². The molecule has 5 nitrogen and oxygen atoms in total. The number of carbonyl (C=O) groups excluding carboxylic acids is 1. The molecule has 0 aromatic heterocycles. The summed E-state index contributed by atoms with van der Waals surface area (Å²) in [5.41, 5.74) is 1.68. The van der Waals surface area contributed by atoms with E-state index >= 15 is 0 Å². The molecular weight excluding hydrogens is 266 g/mol. The Kier molecular flexibility index (Phi) is 4.78. The second-order valence-corrected chi connectivity index (χ2v) is 4.26. The van der Waals surface area contributed by atoms with Crippen molar-refractivity contribution in [1.82, 2.24) is 0 Å². The summed E-state index contributed by atoms with van der Waals surface area (Å²) in [5.74, 6) is 0.331. The van der Waals surface area contributed by atoms with Crippen molar-refractivity contribution in [2.45, 2.75) is 0 Å². The van der Waals surface area contributed by atoms with Crippen molar-refractivity contribution in [3.63, 3.8) is 0 Å². The predicted octanol–water partition coefficient (Wildman–Crippen LogP) is 2.62. The van der Waals surface area contributed by atoms with Crippen LogP contribution in [0.5, 0.6) is 5.75 Å². The number of rotatable bonds is 5. The summed E-state index contributed by atoms with van der Waals surface area (Å²) in [5, 5.41) is 14.8. The van der Waals surface area contributed by atoms with Crippen LogP contribution in [0.2, 0.25) is 0 Å². The van der Waals surface area contributed by atoms with Gasteiger partial charge in [0.05, 0.1) is 24.9 Å². The molecule has 2 aromatic rings. The van der Waals surface area contributed by atoms with Gasteiger partial charge >= 0.3 is 0 Å². The molecule has 0 aliphatic heterocycles. The highest BCUT2D eigenvalue weighted by Crippen LogP contribution is 2.27. The fourth-order valence-corrected chi connectivity index (χ4v) is 1.87. The lowest BCUT2D eigenvalue weighted by atomic mass is 10.2. The van der Waals surface area contributed by atoms with Crippen molar-refractivity contribution < 1.29 is 9.53 Å². The molecule has 0 spiro atoms. The van der Waals surface area contributed by atoms with Crippen molar-refractivity contribution in [3.05, 3.63) is 54.1 Å². The monoisotopic (exact) mass is 281 g/mol. The van der Waals surface area contributed by atoms with Gasteiger partial charge < -0.3 is 15.4 Å². The number of carbonyl (C=O) groups is 1. The molecule has 0 saturated heterocycles. The third-order valence-corrected chi connectivity index (χ3v) is 2.85. The van der Waals surface area contributed by atoms with E-state index in [-0.39, 0.29) is 12.5 Å². The number of para-hydroxylation sites is 2. The van der Waals surface area contributed by atoms with E-state index in [4.69, 9.17) is 10.00 Å². The number of hydrogen-bond donors (Lipinski definition) is 2. The quantitative estimate of drug-likeness (QED) is 0.883. The summed E-state index contributed by atoms with van der Waals surface area (Å²) in [6.07, 6.45) is 0. The average molecular weight is 281 g/mol. The first-order valence-electron chi connectivity index (χ1n) is 6.40. The number of benzene rings is 2. The summed E-state index contributed by atoms with van der Waals surface area (Å²) in [4.78, 5) is 11.9. The maximum absolute atomic E-state index is 11.9. The largest absolute Gasteiger partial charge is 0.495 e. The van der Waals surface area contributed by atoms with Crippen LogP contribution in [-0.4, -0.2) is 19.6 Å². The van der Waals surface area contributed by atoms with E-state index in [1.807, 2.05) is 30.3 Å². The Morgan fingerprint density at radius 3 is 2.62 bits per heavy atom. The third-order valence-electron chi connectivity index (χ3n) is 2.85. The van der Waals surface area contributed by atoms with Gasteiger partial charge in [-0.05, 0) is 24.3 Å². The molecule has 0 unspecified atom stereocenters. The Morgan fingerprint density at radius 2 is 1.95 bits per heavy atom. The third kappa shape index (κ3) is 3.74. The van der Waals surface area contributed by atoms with Gasteiger partial charge in [0.15, 0.2) is 0 Å². The van der Waals surface area contributed by atoms with Crippen LogP contribution in [-0.2, 0) is 4.79 Å². The number of hydrogen-bond acceptors (Lipinski definition) is 4. The SMILES string of the molecule is COc1cccc(C#N)c1NCC(=O)Nc1ccccc1. The molecule has 21 heavy (non-hydrogen) atoms. The Hall–Kier alpha value is -3.00. The summed E-state index contributed by atoms with van der Waals surface area (Å²) in [6.45, 7) is 0.0456. The minimum absolute atomic E-state index is 0.0456. The summed E-state index contributed by atoms with van der Waals surface area (Å²) in [7, 11) is 1.52. The summed E-state index contributed by atoms with van der Waals surface area (Å²) in [6, 6.07) is 16.4. The highest BCUT2D eigenvalue weighted by Gasteiger charge is 2.10. The number of methoxy groups -OCH3 is 1. The van der Waals surface area contributed by atoms with Gasteiger partial charge in [0.25, 0.3) is 0 Å². The van der Waals surface area contributed by atoms with E-state index in [1.165, 1.54) is 7.11 Å². The van der Waals surface area contributed by atoms with Crippen molar-refractivity contribution >= 4 is 17.3 Å². The number of nitriles is 1. The van der Waals surface area contributed by atoms with Gasteiger partial charge in [-0.15, -0.1) is 0 Å². The normalized spacial score (nSPS) is 9.52. The fourth-order valence-electron chi connectivity index (χ4n) is 1.87. The van der Waals surface area contributed by atoms with Crippen LogP contribution in [0.25, 0.3) is 0 Å². The van der Waals surface area contributed by atoms with Crippen molar-refractivity contribution in [3.8, 4) is 11.8 Å². The van der Waals surface area contributed by atoms with E-state index in [9.17, 15) is 4.79 Å². The first kappa shape index (κ1) is 14.4. The Labute approximate surface area is 123 Å². The molecule has 0 saturated carbocycles.